The van der Waals surface area contributed by atoms with Crippen LogP contribution in [0, 0.1) is 11.3 Å². The Morgan fingerprint density at radius 1 is 1.33 bits per heavy atom. The van der Waals surface area contributed by atoms with Crippen molar-refractivity contribution in [2.45, 2.75) is 31.4 Å². The molecule has 3 heterocycles. The second-order valence-corrected chi connectivity index (χ2v) is 7.34. The van der Waals surface area contributed by atoms with Crippen molar-refractivity contribution in [2.75, 3.05) is 26.2 Å². The third-order valence-corrected chi connectivity index (χ3v) is 5.47. The van der Waals surface area contributed by atoms with E-state index in [-0.39, 0.29) is 18.1 Å². The number of fused-ring (bicyclic) bond motifs is 1. The molecule has 0 bridgehead atoms. The first-order valence-corrected chi connectivity index (χ1v) is 9.50. The maximum atomic E-state index is 12.5. The van der Waals surface area contributed by atoms with Gasteiger partial charge in [-0.1, -0.05) is 11.6 Å². The zero-order chi connectivity index (χ0) is 18.8. The normalized spacial score (nSPS) is 22.9. The highest BCUT2D eigenvalue weighted by molar-refractivity contribution is 6.34. The van der Waals surface area contributed by atoms with Crippen molar-refractivity contribution in [3.8, 4) is 11.8 Å². The predicted octanol–water partition coefficient (Wildman–Crippen LogP) is 2.25. The number of likely N-dealkylation sites (tertiary alicyclic amines) is 2. The Labute approximate surface area is 162 Å². The molecule has 2 saturated heterocycles. The molecule has 140 valence electrons. The fourth-order valence-corrected chi connectivity index (χ4v) is 3.98. The molecule has 7 nitrogen and oxygen atoms in total. The van der Waals surface area contributed by atoms with Crippen molar-refractivity contribution in [3.63, 3.8) is 0 Å². The second kappa shape index (κ2) is 7.67. The van der Waals surface area contributed by atoms with E-state index in [0.29, 0.717) is 24.8 Å². The first kappa shape index (κ1) is 18.0. The molecule has 0 spiro atoms. The summed E-state index contributed by atoms with van der Waals surface area (Å²) in [7, 11) is 0. The van der Waals surface area contributed by atoms with Gasteiger partial charge in [-0.2, -0.15) is 5.26 Å². The summed E-state index contributed by atoms with van der Waals surface area (Å²) in [6.45, 7) is 2.52. The molecule has 2 aromatic rings. The number of aromatic nitrogens is 2. The van der Waals surface area contributed by atoms with Gasteiger partial charge in [-0.25, -0.2) is 9.97 Å². The van der Waals surface area contributed by atoms with E-state index in [1.165, 1.54) is 6.33 Å². The zero-order valence-corrected chi connectivity index (χ0v) is 15.6. The van der Waals surface area contributed by atoms with Crippen LogP contribution in [0.25, 0.3) is 10.9 Å². The zero-order valence-electron chi connectivity index (χ0n) is 14.8. The van der Waals surface area contributed by atoms with Crippen molar-refractivity contribution in [3.05, 3.63) is 29.7 Å². The molecule has 2 atom stereocenters. The van der Waals surface area contributed by atoms with Gasteiger partial charge < -0.3 is 9.64 Å². The lowest BCUT2D eigenvalue weighted by molar-refractivity contribution is -0.132. The van der Waals surface area contributed by atoms with E-state index in [9.17, 15) is 4.79 Å². The molecule has 1 unspecified atom stereocenters. The van der Waals surface area contributed by atoms with Crippen molar-refractivity contribution in [1.29, 1.82) is 5.26 Å². The fourth-order valence-electron chi connectivity index (χ4n) is 3.79. The maximum Gasteiger partial charge on any atom is 0.237 e. The standard InChI is InChI=1S/C19H20ClN5O2/c20-19-16-8-14(3-4-17(16)22-12-23-19)27-15-5-7-24(10-15)11-18(26)25-6-1-2-13(25)9-21/h3-4,8,12-13,15H,1-2,5-7,10-11H2/t13?,15-/m0/s1. The molecular formula is C19H20ClN5O2. The molecule has 2 fully saturated rings. The van der Waals surface area contributed by atoms with Gasteiger partial charge in [-0.15, -0.1) is 0 Å². The molecule has 2 aliphatic rings. The summed E-state index contributed by atoms with van der Waals surface area (Å²) in [5.74, 6) is 0.760. The van der Waals surface area contributed by atoms with Gasteiger partial charge in [0, 0.05) is 25.0 Å². The van der Waals surface area contributed by atoms with Crippen molar-refractivity contribution in [1.82, 2.24) is 19.8 Å². The van der Waals surface area contributed by atoms with E-state index in [1.54, 1.807) is 4.90 Å². The number of nitriles is 1. The molecule has 8 heteroatoms. The number of nitrogens with zero attached hydrogens (tertiary/aromatic N) is 5. The minimum absolute atomic E-state index is 0.0176. The van der Waals surface area contributed by atoms with Crippen LogP contribution in [-0.2, 0) is 4.79 Å². The van der Waals surface area contributed by atoms with Gasteiger partial charge in [-0.05, 0) is 37.5 Å². The van der Waals surface area contributed by atoms with E-state index >= 15 is 0 Å². The topological polar surface area (TPSA) is 82.4 Å². The molecule has 1 aromatic carbocycles. The van der Waals surface area contributed by atoms with Crippen LogP contribution < -0.4 is 4.74 Å². The molecule has 1 aromatic heterocycles. The van der Waals surface area contributed by atoms with Gasteiger partial charge in [0.25, 0.3) is 0 Å². The van der Waals surface area contributed by atoms with Crippen LogP contribution in [0.2, 0.25) is 5.15 Å². The SMILES string of the molecule is N#CC1CCCN1C(=O)CN1CC[C@H](Oc2ccc3ncnc(Cl)c3c2)C1. The van der Waals surface area contributed by atoms with E-state index in [0.717, 1.165) is 42.5 Å². The minimum atomic E-state index is -0.267. The summed E-state index contributed by atoms with van der Waals surface area (Å²) < 4.78 is 6.08. The average Bonchev–Trinajstić information content (AvgIpc) is 3.31. The maximum absolute atomic E-state index is 12.5. The molecule has 0 saturated carbocycles. The Kier molecular flexibility index (Phi) is 5.10. The number of rotatable bonds is 4. The van der Waals surface area contributed by atoms with Crippen LogP contribution >= 0.6 is 11.6 Å². The lowest BCUT2D eigenvalue weighted by Crippen LogP contribution is -2.42. The lowest BCUT2D eigenvalue weighted by atomic mass is 10.2. The number of ether oxygens (including phenoxy) is 1. The van der Waals surface area contributed by atoms with Crippen LogP contribution in [-0.4, -0.2) is 64.0 Å². The minimum Gasteiger partial charge on any atom is -0.489 e. The van der Waals surface area contributed by atoms with Gasteiger partial charge in [-0.3, -0.25) is 9.69 Å². The number of hydrogen-bond acceptors (Lipinski definition) is 6. The average molecular weight is 386 g/mol. The largest absolute Gasteiger partial charge is 0.489 e. The molecular weight excluding hydrogens is 366 g/mol. The van der Waals surface area contributed by atoms with Crippen molar-refractivity contribution in [2.24, 2.45) is 0 Å². The number of hydrogen-bond donors (Lipinski definition) is 0. The van der Waals surface area contributed by atoms with Crippen LogP contribution in [0.5, 0.6) is 5.75 Å². The Hall–Kier alpha value is -2.43. The van der Waals surface area contributed by atoms with E-state index < -0.39 is 0 Å². The van der Waals surface area contributed by atoms with Crippen molar-refractivity contribution >= 4 is 28.4 Å². The molecule has 4 rings (SSSR count). The number of halogens is 1. The molecule has 0 aliphatic carbocycles. The number of carbonyl (C=O) groups excluding carboxylic acids is 1. The Morgan fingerprint density at radius 2 is 2.22 bits per heavy atom. The number of amides is 1. The summed E-state index contributed by atoms with van der Waals surface area (Å²) in [4.78, 5) is 24.5. The second-order valence-electron chi connectivity index (χ2n) is 6.98. The highest BCUT2D eigenvalue weighted by atomic mass is 35.5. The summed E-state index contributed by atoms with van der Waals surface area (Å²) in [5, 5.41) is 10.3. The lowest BCUT2D eigenvalue weighted by Gasteiger charge is -2.23. The first-order chi connectivity index (χ1) is 13.1. The van der Waals surface area contributed by atoms with E-state index in [4.69, 9.17) is 21.6 Å². The molecule has 0 N–H and O–H groups in total. The van der Waals surface area contributed by atoms with Crippen LogP contribution in [0.3, 0.4) is 0 Å². The van der Waals surface area contributed by atoms with Gasteiger partial charge in [0.05, 0.1) is 18.1 Å². The predicted molar refractivity (Wildman–Crippen MR) is 100 cm³/mol. The summed E-state index contributed by atoms with van der Waals surface area (Å²) in [6.07, 6.45) is 4.00. The van der Waals surface area contributed by atoms with Gasteiger partial charge in [0.15, 0.2) is 0 Å². The van der Waals surface area contributed by atoms with Gasteiger partial charge in [0.2, 0.25) is 5.91 Å². The Morgan fingerprint density at radius 3 is 3.07 bits per heavy atom. The molecule has 2 aliphatic heterocycles. The summed E-state index contributed by atoms with van der Waals surface area (Å²) >= 11 is 6.13. The quantitative estimate of drug-likeness (QED) is 0.751. The highest BCUT2D eigenvalue weighted by Gasteiger charge is 2.32. The molecule has 1 amide bonds. The van der Waals surface area contributed by atoms with Crippen molar-refractivity contribution < 1.29 is 9.53 Å². The monoisotopic (exact) mass is 385 g/mol. The van der Waals surface area contributed by atoms with E-state index in [1.807, 2.05) is 18.2 Å². The Bertz CT molecular complexity index is 899. The van der Waals surface area contributed by atoms with Crippen LogP contribution in [0.1, 0.15) is 19.3 Å². The number of benzene rings is 1. The Balaban J connectivity index is 1.35. The third-order valence-electron chi connectivity index (χ3n) is 5.17. The van der Waals surface area contributed by atoms with Crippen LogP contribution in [0.4, 0.5) is 0 Å². The first-order valence-electron chi connectivity index (χ1n) is 9.12. The summed E-state index contributed by atoms with van der Waals surface area (Å²) in [5.41, 5.74) is 0.777. The highest BCUT2D eigenvalue weighted by Crippen LogP contribution is 2.26. The molecule has 0 radical (unpaired) electrons. The van der Waals surface area contributed by atoms with Gasteiger partial charge in [0.1, 0.15) is 29.4 Å². The van der Waals surface area contributed by atoms with E-state index in [2.05, 4.69) is 20.9 Å². The number of carbonyl (C=O) groups is 1. The van der Waals surface area contributed by atoms with Crippen LogP contribution in [0.15, 0.2) is 24.5 Å². The summed E-state index contributed by atoms with van der Waals surface area (Å²) in [6, 6.07) is 7.55. The fraction of sp³-hybridized carbons (Fsp3) is 0.474. The third kappa shape index (κ3) is 3.82. The van der Waals surface area contributed by atoms with Gasteiger partial charge >= 0.3 is 0 Å². The smallest absolute Gasteiger partial charge is 0.237 e. The molecule has 27 heavy (non-hydrogen) atoms.